The summed E-state index contributed by atoms with van der Waals surface area (Å²) in [6, 6.07) is 1.72. The topological polar surface area (TPSA) is 73.1 Å². The quantitative estimate of drug-likeness (QED) is 0.682. The van der Waals surface area contributed by atoms with Crippen LogP contribution in [0, 0.1) is 23.2 Å². The van der Waals surface area contributed by atoms with Crippen molar-refractivity contribution in [2.24, 2.45) is 11.8 Å². The fraction of sp³-hybridized carbons (Fsp3) is 0.800. The van der Waals surface area contributed by atoms with Crippen molar-refractivity contribution in [3.05, 3.63) is 0 Å². The maximum Gasteiger partial charge on any atom is 0.237 e. The van der Waals surface area contributed by atoms with E-state index in [9.17, 15) is 4.79 Å². The molecule has 0 spiro atoms. The predicted molar refractivity (Wildman–Crippen MR) is 53.2 cm³/mol. The average molecular weight is 198 g/mol. The number of aliphatic hydroxyl groups excluding tert-OH is 1. The lowest BCUT2D eigenvalue weighted by atomic mass is 9.96. The van der Waals surface area contributed by atoms with E-state index in [0.717, 1.165) is 0 Å². The molecular formula is C10H18N2O2. The third kappa shape index (κ3) is 3.75. The van der Waals surface area contributed by atoms with Crippen LogP contribution in [0.15, 0.2) is 0 Å². The second-order valence-electron chi connectivity index (χ2n) is 3.65. The van der Waals surface area contributed by atoms with Gasteiger partial charge in [-0.2, -0.15) is 5.26 Å². The van der Waals surface area contributed by atoms with Crippen LogP contribution in [0.25, 0.3) is 0 Å². The van der Waals surface area contributed by atoms with Crippen molar-refractivity contribution in [1.82, 2.24) is 5.32 Å². The second kappa shape index (κ2) is 6.39. The highest BCUT2D eigenvalue weighted by atomic mass is 16.3. The van der Waals surface area contributed by atoms with Crippen molar-refractivity contribution in [3.8, 4) is 6.07 Å². The molecule has 0 aromatic rings. The van der Waals surface area contributed by atoms with Gasteiger partial charge >= 0.3 is 0 Å². The third-order valence-corrected chi connectivity index (χ3v) is 2.15. The van der Waals surface area contributed by atoms with Gasteiger partial charge in [0.2, 0.25) is 5.91 Å². The van der Waals surface area contributed by atoms with E-state index in [1.54, 1.807) is 0 Å². The van der Waals surface area contributed by atoms with E-state index < -0.39 is 5.92 Å². The smallest absolute Gasteiger partial charge is 0.237 e. The summed E-state index contributed by atoms with van der Waals surface area (Å²) in [5, 5.41) is 20.3. The van der Waals surface area contributed by atoms with Gasteiger partial charge in [-0.05, 0) is 12.3 Å². The third-order valence-electron chi connectivity index (χ3n) is 2.15. The maximum atomic E-state index is 11.5. The molecule has 0 aliphatic carbocycles. The molecule has 1 amide bonds. The Balaban J connectivity index is 4.25. The number of nitrogens with zero attached hydrogens (tertiary/aromatic N) is 1. The van der Waals surface area contributed by atoms with Crippen LogP contribution in [-0.2, 0) is 4.79 Å². The van der Waals surface area contributed by atoms with Gasteiger partial charge in [0.05, 0.1) is 18.7 Å². The molecule has 0 aliphatic heterocycles. The molecule has 14 heavy (non-hydrogen) atoms. The van der Waals surface area contributed by atoms with Gasteiger partial charge in [-0.25, -0.2) is 0 Å². The summed E-state index contributed by atoms with van der Waals surface area (Å²) < 4.78 is 0. The first-order valence-corrected chi connectivity index (χ1v) is 4.87. The summed E-state index contributed by atoms with van der Waals surface area (Å²) >= 11 is 0. The lowest BCUT2D eigenvalue weighted by Gasteiger charge is -2.18. The Morgan fingerprint density at radius 2 is 2.14 bits per heavy atom. The largest absolute Gasteiger partial charge is 0.394 e. The van der Waals surface area contributed by atoms with E-state index >= 15 is 0 Å². The van der Waals surface area contributed by atoms with Gasteiger partial charge in [-0.1, -0.05) is 20.8 Å². The first kappa shape index (κ1) is 12.9. The van der Waals surface area contributed by atoms with Crippen LogP contribution >= 0.6 is 0 Å². The van der Waals surface area contributed by atoms with Gasteiger partial charge in [0.15, 0.2) is 0 Å². The average Bonchev–Trinajstić information content (AvgIpc) is 2.14. The maximum absolute atomic E-state index is 11.5. The molecule has 1 unspecified atom stereocenters. The van der Waals surface area contributed by atoms with Crippen LogP contribution in [0.5, 0.6) is 0 Å². The number of carbonyl (C=O) groups excluding carboxylic acids is 1. The first-order valence-electron chi connectivity index (χ1n) is 4.87. The Morgan fingerprint density at radius 3 is 2.43 bits per heavy atom. The zero-order valence-corrected chi connectivity index (χ0v) is 8.95. The molecule has 0 aliphatic rings. The van der Waals surface area contributed by atoms with Crippen molar-refractivity contribution < 1.29 is 9.90 Å². The summed E-state index contributed by atoms with van der Waals surface area (Å²) in [5.41, 5.74) is 0. The predicted octanol–water partition coefficient (Wildman–Crippen LogP) is 0.669. The van der Waals surface area contributed by atoms with Crippen LogP contribution in [0.4, 0.5) is 0 Å². The van der Waals surface area contributed by atoms with Gasteiger partial charge in [-0.3, -0.25) is 4.79 Å². The van der Waals surface area contributed by atoms with Gasteiger partial charge < -0.3 is 10.4 Å². The molecule has 4 nitrogen and oxygen atoms in total. The van der Waals surface area contributed by atoms with E-state index in [4.69, 9.17) is 10.4 Å². The number of nitriles is 1. The number of hydrogen-bond acceptors (Lipinski definition) is 3. The summed E-state index contributed by atoms with van der Waals surface area (Å²) in [6.07, 6.45) is 0.665. The minimum atomic E-state index is -0.629. The van der Waals surface area contributed by atoms with Crippen molar-refractivity contribution in [3.63, 3.8) is 0 Å². The Labute approximate surface area is 84.9 Å². The fourth-order valence-electron chi connectivity index (χ4n) is 1.08. The number of carbonyl (C=O) groups is 1. The lowest BCUT2D eigenvalue weighted by Crippen LogP contribution is -2.41. The van der Waals surface area contributed by atoms with Crippen molar-refractivity contribution in [2.45, 2.75) is 33.2 Å². The molecule has 0 aromatic carbocycles. The Morgan fingerprint density at radius 1 is 1.57 bits per heavy atom. The Hall–Kier alpha value is -1.08. The summed E-state index contributed by atoms with van der Waals surface area (Å²) in [6.45, 7) is 5.44. The number of aliphatic hydroxyl groups is 1. The molecule has 0 fully saturated rings. The number of rotatable bonds is 5. The molecule has 0 heterocycles. The molecule has 80 valence electrons. The molecule has 0 saturated carbocycles. The van der Waals surface area contributed by atoms with E-state index in [1.165, 1.54) is 0 Å². The highest BCUT2D eigenvalue weighted by Gasteiger charge is 2.23. The van der Waals surface area contributed by atoms with Gasteiger partial charge in [0.25, 0.3) is 0 Å². The standard InChI is InChI=1S/C10H18N2O2/c1-4-8(6-13)12-10(14)9(5-11)7(2)3/h7-9,13H,4,6H2,1-3H3,(H,12,14)/t8-,9?/m0/s1. The molecule has 0 bridgehead atoms. The minimum absolute atomic E-state index is 0.00352. The highest BCUT2D eigenvalue weighted by Crippen LogP contribution is 2.09. The lowest BCUT2D eigenvalue weighted by molar-refractivity contribution is -0.125. The summed E-state index contributed by atoms with van der Waals surface area (Å²) in [4.78, 5) is 11.5. The van der Waals surface area contributed by atoms with Crippen molar-refractivity contribution >= 4 is 5.91 Å². The minimum Gasteiger partial charge on any atom is -0.394 e. The first-order chi connectivity index (χ1) is 6.56. The molecule has 0 rings (SSSR count). The van der Waals surface area contributed by atoms with Crippen LogP contribution < -0.4 is 5.32 Å². The van der Waals surface area contributed by atoms with Crippen LogP contribution in [-0.4, -0.2) is 23.7 Å². The van der Waals surface area contributed by atoms with E-state index in [-0.39, 0.29) is 24.5 Å². The zero-order valence-electron chi connectivity index (χ0n) is 8.95. The van der Waals surface area contributed by atoms with Gasteiger partial charge in [-0.15, -0.1) is 0 Å². The molecule has 0 aromatic heterocycles. The van der Waals surface area contributed by atoms with Gasteiger partial charge in [0.1, 0.15) is 5.92 Å². The summed E-state index contributed by atoms with van der Waals surface area (Å²) in [5.74, 6) is -0.921. The molecule has 0 radical (unpaired) electrons. The van der Waals surface area contributed by atoms with Crippen LogP contribution in [0.3, 0.4) is 0 Å². The fourth-order valence-corrected chi connectivity index (χ4v) is 1.08. The molecule has 2 atom stereocenters. The number of nitrogens with one attached hydrogen (secondary N) is 1. The monoisotopic (exact) mass is 198 g/mol. The highest BCUT2D eigenvalue weighted by molar-refractivity contribution is 5.81. The SMILES string of the molecule is CC[C@@H](CO)NC(=O)C(C#N)C(C)C. The van der Waals surface area contributed by atoms with E-state index in [1.807, 2.05) is 26.8 Å². The molecular weight excluding hydrogens is 180 g/mol. The van der Waals surface area contributed by atoms with E-state index in [2.05, 4.69) is 5.32 Å². The zero-order chi connectivity index (χ0) is 11.1. The Bertz CT molecular complexity index is 217. The molecule has 0 saturated heterocycles. The van der Waals surface area contributed by atoms with Crippen LogP contribution in [0.1, 0.15) is 27.2 Å². The second-order valence-corrected chi connectivity index (χ2v) is 3.65. The number of hydrogen-bond donors (Lipinski definition) is 2. The van der Waals surface area contributed by atoms with Crippen molar-refractivity contribution in [1.29, 1.82) is 5.26 Å². The normalized spacial score (nSPS) is 14.6. The van der Waals surface area contributed by atoms with E-state index in [0.29, 0.717) is 6.42 Å². The van der Waals surface area contributed by atoms with Gasteiger partial charge in [0, 0.05) is 0 Å². The van der Waals surface area contributed by atoms with Crippen LogP contribution in [0.2, 0.25) is 0 Å². The van der Waals surface area contributed by atoms with Crippen molar-refractivity contribution in [2.75, 3.05) is 6.61 Å². The molecule has 4 heteroatoms. The summed E-state index contributed by atoms with van der Waals surface area (Å²) in [7, 11) is 0. The molecule has 2 N–H and O–H groups in total. The Kier molecular flexibility index (Phi) is 5.89. The number of amides is 1.